The van der Waals surface area contributed by atoms with E-state index < -0.39 is 0 Å². The van der Waals surface area contributed by atoms with Gasteiger partial charge in [0.15, 0.2) is 0 Å². The molecule has 1 aromatic rings. The van der Waals surface area contributed by atoms with Crippen molar-refractivity contribution in [1.29, 1.82) is 5.26 Å². The van der Waals surface area contributed by atoms with Crippen molar-refractivity contribution in [1.82, 2.24) is 0 Å². The molecule has 0 aromatic heterocycles. The van der Waals surface area contributed by atoms with Crippen LogP contribution in [0.2, 0.25) is 0 Å². The first-order valence-corrected chi connectivity index (χ1v) is 5.25. The van der Waals surface area contributed by atoms with Gasteiger partial charge in [-0.25, -0.2) is 0 Å². The van der Waals surface area contributed by atoms with Crippen LogP contribution in [0.25, 0.3) is 0 Å². The lowest BCUT2D eigenvalue weighted by atomic mass is 10.0. The molecule has 0 radical (unpaired) electrons. The van der Waals surface area contributed by atoms with E-state index in [0.29, 0.717) is 5.56 Å². The van der Waals surface area contributed by atoms with Crippen molar-refractivity contribution in [3.63, 3.8) is 0 Å². The molecule has 0 amide bonds. The van der Waals surface area contributed by atoms with Gasteiger partial charge < -0.3 is 5.11 Å². The zero-order valence-corrected chi connectivity index (χ0v) is 7.84. The first-order chi connectivity index (χ1) is 6.31. The fourth-order valence-corrected chi connectivity index (χ4v) is 2.49. The predicted molar refractivity (Wildman–Crippen MR) is 52.3 cm³/mol. The van der Waals surface area contributed by atoms with Gasteiger partial charge >= 0.3 is 0 Å². The second-order valence-corrected chi connectivity index (χ2v) is 4.09. The molecule has 0 saturated carbocycles. The minimum atomic E-state index is -0.360. The molecule has 0 aliphatic carbocycles. The molecule has 0 saturated heterocycles. The van der Waals surface area contributed by atoms with Crippen LogP contribution in [0.1, 0.15) is 22.8 Å². The molecule has 13 heavy (non-hydrogen) atoms. The predicted octanol–water partition coefficient (Wildman–Crippen LogP) is 1.84. The van der Waals surface area contributed by atoms with Crippen molar-refractivity contribution in [2.45, 2.75) is 11.9 Å². The van der Waals surface area contributed by atoms with Gasteiger partial charge in [-0.1, -0.05) is 6.07 Å². The minimum Gasteiger partial charge on any atom is -0.388 e. The lowest BCUT2D eigenvalue weighted by Crippen LogP contribution is -2.09. The van der Waals surface area contributed by atoms with Crippen molar-refractivity contribution < 1.29 is 5.11 Å². The first-order valence-electron chi connectivity index (χ1n) is 4.10. The first kappa shape index (κ1) is 8.61. The molecule has 0 fully saturated rings. The average molecular weight is 191 g/mol. The SMILES string of the molecule is N#Cc1ccc2c(c1)CSCC2O. The summed E-state index contributed by atoms with van der Waals surface area (Å²) in [6.45, 7) is 0. The molecule has 3 heteroatoms. The van der Waals surface area contributed by atoms with Crippen LogP contribution in [0.3, 0.4) is 0 Å². The standard InChI is InChI=1S/C10H9NOS/c11-4-7-1-2-9-8(3-7)5-13-6-10(9)12/h1-3,10,12H,5-6H2. The number of fused-ring (bicyclic) bond motifs is 1. The van der Waals surface area contributed by atoms with E-state index >= 15 is 0 Å². The number of hydrogen-bond acceptors (Lipinski definition) is 3. The van der Waals surface area contributed by atoms with Crippen molar-refractivity contribution in [2.24, 2.45) is 0 Å². The summed E-state index contributed by atoms with van der Waals surface area (Å²) in [6.07, 6.45) is -0.360. The molecule has 1 heterocycles. The summed E-state index contributed by atoms with van der Waals surface area (Å²) in [6, 6.07) is 7.59. The normalized spacial score (nSPS) is 20.5. The van der Waals surface area contributed by atoms with Gasteiger partial charge in [0.2, 0.25) is 0 Å². The molecule has 1 atom stereocenters. The van der Waals surface area contributed by atoms with E-state index in [2.05, 4.69) is 6.07 Å². The van der Waals surface area contributed by atoms with Gasteiger partial charge in [-0.15, -0.1) is 0 Å². The zero-order chi connectivity index (χ0) is 9.26. The molecule has 1 unspecified atom stereocenters. The molecule has 0 bridgehead atoms. The summed E-state index contributed by atoms with van der Waals surface area (Å²) in [5, 5.41) is 18.3. The van der Waals surface area contributed by atoms with Gasteiger partial charge in [-0.05, 0) is 23.3 Å². The largest absolute Gasteiger partial charge is 0.388 e. The molecule has 66 valence electrons. The van der Waals surface area contributed by atoms with Crippen molar-refractivity contribution >= 4 is 11.8 Å². The molecule has 2 rings (SSSR count). The number of hydrogen-bond donors (Lipinski definition) is 1. The third kappa shape index (κ3) is 1.55. The number of rotatable bonds is 0. The van der Waals surface area contributed by atoms with Crippen LogP contribution >= 0.6 is 11.8 Å². The Kier molecular flexibility index (Phi) is 2.26. The fourth-order valence-electron chi connectivity index (χ4n) is 1.50. The summed E-state index contributed by atoms with van der Waals surface area (Å²) in [7, 11) is 0. The summed E-state index contributed by atoms with van der Waals surface area (Å²) in [5.74, 6) is 1.67. The maximum Gasteiger partial charge on any atom is 0.0991 e. The Morgan fingerprint density at radius 3 is 3.15 bits per heavy atom. The van der Waals surface area contributed by atoms with Crippen molar-refractivity contribution in [2.75, 3.05) is 5.75 Å². The number of aliphatic hydroxyl groups is 1. The highest BCUT2D eigenvalue weighted by Crippen LogP contribution is 2.31. The van der Waals surface area contributed by atoms with Gasteiger partial charge in [-0.3, -0.25) is 0 Å². The third-order valence-electron chi connectivity index (χ3n) is 2.16. The van der Waals surface area contributed by atoms with Crippen molar-refractivity contribution in [3.05, 3.63) is 34.9 Å². The van der Waals surface area contributed by atoms with Gasteiger partial charge in [0.25, 0.3) is 0 Å². The van der Waals surface area contributed by atoms with E-state index in [1.807, 2.05) is 12.1 Å². The third-order valence-corrected chi connectivity index (χ3v) is 3.23. The topological polar surface area (TPSA) is 44.0 Å². The Labute approximate surface area is 81.2 Å². The van der Waals surface area contributed by atoms with Crippen molar-refractivity contribution in [3.8, 4) is 6.07 Å². The smallest absolute Gasteiger partial charge is 0.0991 e. The molecule has 2 nitrogen and oxygen atoms in total. The highest BCUT2D eigenvalue weighted by atomic mass is 32.2. The monoisotopic (exact) mass is 191 g/mol. The number of nitriles is 1. The molecular formula is C10H9NOS. The quantitative estimate of drug-likeness (QED) is 0.680. The maximum atomic E-state index is 9.62. The van der Waals surface area contributed by atoms with Crippen LogP contribution in [0.15, 0.2) is 18.2 Å². The van der Waals surface area contributed by atoms with Crippen LogP contribution in [0.5, 0.6) is 0 Å². The number of benzene rings is 1. The second kappa shape index (κ2) is 3.41. The van der Waals surface area contributed by atoms with E-state index in [1.54, 1.807) is 17.8 Å². The lowest BCUT2D eigenvalue weighted by Gasteiger charge is -2.20. The van der Waals surface area contributed by atoms with E-state index in [4.69, 9.17) is 5.26 Å². The van der Waals surface area contributed by atoms with Crippen LogP contribution in [-0.4, -0.2) is 10.9 Å². The van der Waals surface area contributed by atoms with Gasteiger partial charge in [0.05, 0.1) is 17.7 Å². The molecule has 1 aromatic carbocycles. The van der Waals surface area contributed by atoms with Crippen LogP contribution < -0.4 is 0 Å². The molecular weight excluding hydrogens is 182 g/mol. The molecule has 1 aliphatic rings. The lowest BCUT2D eigenvalue weighted by molar-refractivity contribution is 0.202. The van der Waals surface area contributed by atoms with Crippen LogP contribution in [0.4, 0.5) is 0 Å². The van der Waals surface area contributed by atoms with E-state index in [-0.39, 0.29) is 6.10 Å². The second-order valence-electron chi connectivity index (χ2n) is 3.06. The summed E-state index contributed by atoms with van der Waals surface area (Å²) in [4.78, 5) is 0. The van der Waals surface area contributed by atoms with E-state index in [1.165, 1.54) is 0 Å². The fraction of sp³-hybridized carbons (Fsp3) is 0.300. The van der Waals surface area contributed by atoms with Gasteiger partial charge in [0.1, 0.15) is 0 Å². The molecule has 0 spiro atoms. The molecule has 1 aliphatic heterocycles. The van der Waals surface area contributed by atoms with E-state index in [9.17, 15) is 5.11 Å². The van der Waals surface area contributed by atoms with Gasteiger partial charge in [0, 0.05) is 11.5 Å². The Morgan fingerprint density at radius 1 is 1.54 bits per heavy atom. The minimum absolute atomic E-state index is 0.360. The van der Waals surface area contributed by atoms with Gasteiger partial charge in [-0.2, -0.15) is 17.0 Å². The summed E-state index contributed by atoms with van der Waals surface area (Å²) in [5.41, 5.74) is 2.76. The summed E-state index contributed by atoms with van der Waals surface area (Å²) >= 11 is 1.71. The number of thioether (sulfide) groups is 1. The Morgan fingerprint density at radius 2 is 2.38 bits per heavy atom. The van der Waals surface area contributed by atoms with Crippen LogP contribution in [0, 0.1) is 11.3 Å². The molecule has 1 N–H and O–H groups in total. The van der Waals surface area contributed by atoms with E-state index in [0.717, 1.165) is 22.6 Å². The average Bonchev–Trinajstić information content (AvgIpc) is 2.18. The van der Waals surface area contributed by atoms with Crippen LogP contribution in [-0.2, 0) is 5.75 Å². The highest BCUT2D eigenvalue weighted by Gasteiger charge is 2.17. The highest BCUT2D eigenvalue weighted by molar-refractivity contribution is 7.98. The Balaban J connectivity index is 2.47. The Hall–Kier alpha value is -0.980. The summed E-state index contributed by atoms with van der Waals surface area (Å²) < 4.78 is 0. The number of aliphatic hydroxyl groups excluding tert-OH is 1. The number of nitrogens with zero attached hydrogens (tertiary/aromatic N) is 1. The maximum absolute atomic E-state index is 9.62. The zero-order valence-electron chi connectivity index (χ0n) is 7.03. The Bertz CT molecular complexity index is 370.